The molecule has 20 heavy (non-hydrogen) atoms. The van der Waals surface area contributed by atoms with Crippen LogP contribution < -0.4 is 5.32 Å². The lowest BCUT2D eigenvalue weighted by molar-refractivity contribution is -0.137. The van der Waals surface area contributed by atoms with Crippen molar-refractivity contribution in [2.24, 2.45) is 5.41 Å². The van der Waals surface area contributed by atoms with Crippen molar-refractivity contribution in [1.82, 2.24) is 10.3 Å². The molecule has 0 unspecified atom stereocenters. The van der Waals surface area contributed by atoms with Crippen LogP contribution in [0.3, 0.4) is 0 Å². The van der Waals surface area contributed by atoms with E-state index >= 15 is 0 Å². The predicted octanol–water partition coefficient (Wildman–Crippen LogP) is 2.96. The molecule has 0 saturated carbocycles. The van der Waals surface area contributed by atoms with Crippen LogP contribution in [-0.4, -0.2) is 18.1 Å². The van der Waals surface area contributed by atoms with Crippen LogP contribution in [0, 0.1) is 16.7 Å². The monoisotopic (exact) mass is 305 g/mol. The lowest BCUT2D eigenvalue weighted by atomic mass is 9.76. The first-order valence-corrected chi connectivity index (χ1v) is 6.09. The van der Waals surface area contributed by atoms with Crippen molar-refractivity contribution in [2.45, 2.75) is 25.4 Å². The molecule has 1 aromatic rings. The maximum atomic E-state index is 12.4. The molecule has 3 nitrogen and oxygen atoms in total. The molecule has 7 heteroatoms. The van der Waals surface area contributed by atoms with Gasteiger partial charge in [-0.15, -0.1) is 12.4 Å². The third-order valence-electron chi connectivity index (χ3n) is 3.47. The summed E-state index contributed by atoms with van der Waals surface area (Å²) >= 11 is 0. The number of hydrogen-bond acceptors (Lipinski definition) is 3. The number of aromatic nitrogens is 1. The summed E-state index contributed by atoms with van der Waals surface area (Å²) in [5.41, 5.74) is -0.720. The number of halogens is 4. The van der Waals surface area contributed by atoms with Crippen molar-refractivity contribution in [3.8, 4) is 6.07 Å². The Morgan fingerprint density at radius 3 is 2.40 bits per heavy atom. The van der Waals surface area contributed by atoms with E-state index in [0.29, 0.717) is 25.0 Å². The molecule has 0 radical (unpaired) electrons. The van der Waals surface area contributed by atoms with Gasteiger partial charge in [0.05, 0.1) is 17.0 Å². The van der Waals surface area contributed by atoms with Gasteiger partial charge in [-0.25, -0.2) is 0 Å². The number of alkyl halides is 3. The Morgan fingerprint density at radius 1 is 1.30 bits per heavy atom. The molecule has 0 bridgehead atoms. The lowest BCUT2D eigenvalue weighted by Gasteiger charge is -2.30. The van der Waals surface area contributed by atoms with E-state index in [-0.39, 0.29) is 12.4 Å². The Balaban J connectivity index is 0.00000200. The zero-order valence-corrected chi connectivity index (χ0v) is 11.5. The van der Waals surface area contributed by atoms with Gasteiger partial charge in [0.15, 0.2) is 0 Å². The van der Waals surface area contributed by atoms with Gasteiger partial charge in [-0.1, -0.05) is 0 Å². The Bertz CT molecular complexity index is 473. The first-order chi connectivity index (χ1) is 8.95. The summed E-state index contributed by atoms with van der Waals surface area (Å²) in [5, 5.41) is 12.5. The largest absolute Gasteiger partial charge is 0.417 e. The summed E-state index contributed by atoms with van der Waals surface area (Å²) in [6.07, 6.45) is -1.73. The topological polar surface area (TPSA) is 48.7 Å². The molecule has 2 rings (SSSR count). The molecular formula is C13H15ClF3N3. The quantitative estimate of drug-likeness (QED) is 0.914. The first kappa shape index (κ1) is 16.7. The summed E-state index contributed by atoms with van der Waals surface area (Å²) in [7, 11) is 0. The van der Waals surface area contributed by atoms with E-state index in [1.54, 1.807) is 0 Å². The second-order valence-corrected chi connectivity index (χ2v) is 4.85. The number of pyridine rings is 1. The number of piperidine rings is 1. The summed E-state index contributed by atoms with van der Waals surface area (Å²) < 4.78 is 37.3. The normalized spacial score (nSPS) is 17.9. The third kappa shape index (κ3) is 3.84. The highest BCUT2D eigenvalue weighted by Crippen LogP contribution is 2.33. The summed E-state index contributed by atoms with van der Waals surface area (Å²) in [6.45, 7) is 1.52. The maximum absolute atomic E-state index is 12.4. The molecule has 0 amide bonds. The Kier molecular flexibility index (Phi) is 5.37. The fourth-order valence-electron chi connectivity index (χ4n) is 2.28. The number of nitrogens with zero attached hydrogens (tertiary/aromatic N) is 2. The third-order valence-corrected chi connectivity index (χ3v) is 3.47. The minimum absolute atomic E-state index is 0. The highest BCUT2D eigenvalue weighted by atomic mass is 35.5. The molecule has 0 aromatic carbocycles. The van der Waals surface area contributed by atoms with E-state index in [2.05, 4.69) is 16.4 Å². The van der Waals surface area contributed by atoms with Crippen LogP contribution in [0.4, 0.5) is 13.2 Å². The number of hydrogen-bond donors (Lipinski definition) is 1. The fourth-order valence-corrected chi connectivity index (χ4v) is 2.28. The van der Waals surface area contributed by atoms with Gasteiger partial charge in [-0.2, -0.15) is 18.4 Å². The summed E-state index contributed by atoms with van der Waals surface area (Å²) in [5.74, 6) is 0. The van der Waals surface area contributed by atoms with Gasteiger partial charge in [-0.3, -0.25) is 4.98 Å². The van der Waals surface area contributed by atoms with E-state index in [4.69, 9.17) is 0 Å². The molecule has 0 aliphatic carbocycles. The van der Waals surface area contributed by atoms with Crippen molar-refractivity contribution in [3.63, 3.8) is 0 Å². The Labute approximate surface area is 121 Å². The van der Waals surface area contributed by atoms with E-state index in [9.17, 15) is 18.4 Å². The highest BCUT2D eigenvalue weighted by Gasteiger charge is 2.34. The van der Waals surface area contributed by atoms with Crippen LogP contribution in [0.2, 0.25) is 0 Å². The standard InChI is InChI=1S/C13H14F3N3.ClH/c14-13(15,16)10-1-2-11(19-8-10)7-12(9-17)3-5-18-6-4-12;/h1-2,8,18H,3-7H2;1H. The molecule has 0 atom stereocenters. The van der Waals surface area contributed by atoms with Crippen LogP contribution in [0.15, 0.2) is 18.3 Å². The van der Waals surface area contributed by atoms with Gasteiger partial charge in [0.1, 0.15) is 0 Å². The average molecular weight is 306 g/mol. The van der Waals surface area contributed by atoms with Gasteiger partial charge in [0.2, 0.25) is 0 Å². The molecule has 1 aliphatic heterocycles. The maximum Gasteiger partial charge on any atom is 0.417 e. The minimum atomic E-state index is -4.37. The zero-order chi connectivity index (χ0) is 13.9. The smallest absolute Gasteiger partial charge is 0.317 e. The number of nitrogens with one attached hydrogen (secondary N) is 1. The number of rotatable bonds is 2. The average Bonchev–Trinajstić information content (AvgIpc) is 2.39. The van der Waals surface area contributed by atoms with Crippen LogP contribution in [0.25, 0.3) is 0 Å². The molecule has 1 saturated heterocycles. The molecule has 1 aliphatic rings. The van der Waals surface area contributed by atoms with Crippen molar-refractivity contribution < 1.29 is 13.2 Å². The molecule has 2 heterocycles. The van der Waals surface area contributed by atoms with Crippen LogP contribution in [-0.2, 0) is 12.6 Å². The molecule has 1 aromatic heterocycles. The molecule has 1 N–H and O–H groups in total. The SMILES string of the molecule is Cl.N#CC1(Cc2ccc(C(F)(F)F)cn2)CCNCC1. The van der Waals surface area contributed by atoms with Crippen LogP contribution in [0.5, 0.6) is 0 Å². The fraction of sp³-hybridized carbons (Fsp3) is 0.538. The van der Waals surface area contributed by atoms with E-state index in [0.717, 1.165) is 25.4 Å². The second-order valence-electron chi connectivity index (χ2n) is 4.85. The Hall–Kier alpha value is -1.32. The van der Waals surface area contributed by atoms with Gasteiger partial charge >= 0.3 is 6.18 Å². The van der Waals surface area contributed by atoms with Crippen LogP contribution >= 0.6 is 12.4 Å². The predicted molar refractivity (Wildman–Crippen MR) is 70.3 cm³/mol. The zero-order valence-electron chi connectivity index (χ0n) is 10.7. The van der Waals surface area contributed by atoms with E-state index in [1.807, 2.05) is 0 Å². The van der Waals surface area contributed by atoms with Crippen molar-refractivity contribution in [1.29, 1.82) is 5.26 Å². The second kappa shape index (κ2) is 6.42. The minimum Gasteiger partial charge on any atom is -0.317 e. The van der Waals surface area contributed by atoms with Crippen molar-refractivity contribution in [2.75, 3.05) is 13.1 Å². The van der Waals surface area contributed by atoms with E-state index in [1.165, 1.54) is 6.07 Å². The lowest BCUT2D eigenvalue weighted by Crippen LogP contribution is -2.37. The summed E-state index contributed by atoms with van der Waals surface area (Å²) in [6, 6.07) is 4.70. The van der Waals surface area contributed by atoms with Gasteiger partial charge in [-0.05, 0) is 38.1 Å². The molecule has 1 fully saturated rings. The number of nitriles is 1. The van der Waals surface area contributed by atoms with E-state index < -0.39 is 17.2 Å². The first-order valence-electron chi connectivity index (χ1n) is 6.09. The molecular weight excluding hydrogens is 291 g/mol. The Morgan fingerprint density at radius 2 is 1.95 bits per heavy atom. The van der Waals surface area contributed by atoms with Crippen molar-refractivity contribution in [3.05, 3.63) is 29.6 Å². The van der Waals surface area contributed by atoms with Crippen molar-refractivity contribution >= 4 is 12.4 Å². The van der Waals surface area contributed by atoms with Gasteiger partial charge in [0, 0.05) is 18.3 Å². The van der Waals surface area contributed by atoms with Gasteiger partial charge < -0.3 is 5.32 Å². The molecule has 0 spiro atoms. The molecule has 110 valence electrons. The summed E-state index contributed by atoms with van der Waals surface area (Å²) in [4.78, 5) is 3.84. The van der Waals surface area contributed by atoms with Gasteiger partial charge in [0.25, 0.3) is 0 Å². The highest BCUT2D eigenvalue weighted by molar-refractivity contribution is 5.85. The van der Waals surface area contributed by atoms with Crippen LogP contribution in [0.1, 0.15) is 24.1 Å².